The Balaban J connectivity index is 2.66. The lowest BCUT2D eigenvalue weighted by atomic mass is 10.3. The zero-order chi connectivity index (χ0) is 12.0. The number of unbranched alkanes of at least 4 members (excludes halogenated alkanes) is 1. The van der Waals surface area contributed by atoms with Crippen molar-refractivity contribution in [1.82, 2.24) is 9.55 Å². The Hall–Kier alpha value is -1.36. The van der Waals surface area contributed by atoms with Gasteiger partial charge in [0.2, 0.25) is 0 Å². The van der Waals surface area contributed by atoms with Crippen molar-refractivity contribution in [1.29, 1.82) is 0 Å². The summed E-state index contributed by atoms with van der Waals surface area (Å²) in [7, 11) is 0. The van der Waals surface area contributed by atoms with Gasteiger partial charge in [0.05, 0.1) is 0 Å². The molecule has 5 heteroatoms. The van der Waals surface area contributed by atoms with Crippen LogP contribution in [-0.2, 0) is 0 Å². The molecule has 0 radical (unpaired) electrons. The van der Waals surface area contributed by atoms with Crippen molar-refractivity contribution in [3.8, 4) is 0 Å². The van der Waals surface area contributed by atoms with Crippen molar-refractivity contribution < 1.29 is 5.11 Å². The molecule has 1 rings (SSSR count). The first-order chi connectivity index (χ1) is 7.66. The molecule has 1 aromatic heterocycles. The largest absolute Gasteiger partial charge is 0.396 e. The van der Waals surface area contributed by atoms with Crippen molar-refractivity contribution in [2.24, 2.45) is 0 Å². The van der Waals surface area contributed by atoms with Gasteiger partial charge in [0.25, 0.3) is 5.56 Å². The highest BCUT2D eigenvalue weighted by atomic mass is 16.2. The molecular weight excluding hydrogens is 206 g/mol. The summed E-state index contributed by atoms with van der Waals surface area (Å²) >= 11 is 0. The number of nitrogens with zero attached hydrogens (tertiary/aromatic N) is 2. The number of anilines is 1. The highest BCUT2D eigenvalue weighted by Gasteiger charge is 2.05. The average Bonchev–Trinajstić information content (AvgIpc) is 2.26. The normalized spacial score (nSPS) is 10.8. The second kappa shape index (κ2) is 6.27. The van der Waals surface area contributed by atoms with E-state index in [1.54, 1.807) is 17.0 Å². The third-order valence-corrected chi connectivity index (χ3v) is 2.30. The summed E-state index contributed by atoms with van der Waals surface area (Å²) in [4.78, 5) is 15.9. The first-order valence-corrected chi connectivity index (χ1v) is 5.58. The Bertz CT molecular complexity index is 374. The molecule has 0 aliphatic rings. The number of aliphatic hydroxyl groups is 1. The van der Waals surface area contributed by atoms with Crippen molar-refractivity contribution in [3.05, 3.63) is 22.7 Å². The smallest absolute Gasteiger partial charge is 0.293 e. The summed E-state index contributed by atoms with van der Waals surface area (Å²) in [6.45, 7) is 4.75. The molecule has 0 aliphatic carbocycles. The van der Waals surface area contributed by atoms with Gasteiger partial charge in [-0.05, 0) is 26.7 Å². The SMILES string of the molecule is CC(C)n1ccnc(NCCCCO)c1=O. The van der Waals surface area contributed by atoms with Crippen LogP contribution in [0, 0.1) is 0 Å². The maximum absolute atomic E-state index is 11.9. The molecular formula is C11H19N3O2. The van der Waals surface area contributed by atoms with Crippen LogP contribution in [0.4, 0.5) is 5.82 Å². The van der Waals surface area contributed by atoms with Crippen LogP contribution in [0.3, 0.4) is 0 Å². The van der Waals surface area contributed by atoms with Crippen LogP contribution >= 0.6 is 0 Å². The molecule has 0 saturated carbocycles. The van der Waals surface area contributed by atoms with Crippen LogP contribution in [-0.4, -0.2) is 27.8 Å². The Morgan fingerprint density at radius 2 is 2.25 bits per heavy atom. The molecule has 90 valence electrons. The minimum absolute atomic E-state index is 0.0958. The maximum atomic E-state index is 11.9. The molecule has 1 heterocycles. The lowest BCUT2D eigenvalue weighted by Gasteiger charge is -2.11. The maximum Gasteiger partial charge on any atom is 0.293 e. The number of aliphatic hydroxyl groups excluding tert-OH is 1. The van der Waals surface area contributed by atoms with Gasteiger partial charge >= 0.3 is 0 Å². The average molecular weight is 225 g/mol. The van der Waals surface area contributed by atoms with Gasteiger partial charge in [-0.15, -0.1) is 0 Å². The third kappa shape index (κ3) is 3.34. The van der Waals surface area contributed by atoms with Gasteiger partial charge in [0, 0.05) is 31.6 Å². The molecule has 0 spiro atoms. The molecule has 0 amide bonds. The molecule has 0 saturated heterocycles. The van der Waals surface area contributed by atoms with E-state index < -0.39 is 0 Å². The van der Waals surface area contributed by atoms with E-state index in [9.17, 15) is 4.79 Å². The molecule has 0 aliphatic heterocycles. The van der Waals surface area contributed by atoms with E-state index in [2.05, 4.69) is 10.3 Å². The van der Waals surface area contributed by atoms with Gasteiger partial charge in [0.15, 0.2) is 5.82 Å². The zero-order valence-electron chi connectivity index (χ0n) is 9.81. The van der Waals surface area contributed by atoms with Crippen LogP contribution < -0.4 is 10.9 Å². The number of rotatable bonds is 6. The second-order valence-electron chi connectivity index (χ2n) is 3.94. The van der Waals surface area contributed by atoms with Crippen LogP contribution in [0.15, 0.2) is 17.2 Å². The van der Waals surface area contributed by atoms with Crippen LogP contribution in [0.2, 0.25) is 0 Å². The fraction of sp³-hybridized carbons (Fsp3) is 0.636. The minimum Gasteiger partial charge on any atom is -0.396 e. The zero-order valence-corrected chi connectivity index (χ0v) is 9.81. The van der Waals surface area contributed by atoms with Crippen molar-refractivity contribution in [2.45, 2.75) is 32.7 Å². The number of aromatic nitrogens is 2. The minimum atomic E-state index is -0.0958. The topological polar surface area (TPSA) is 67.2 Å². The van der Waals surface area contributed by atoms with Gasteiger partial charge in [0.1, 0.15) is 0 Å². The molecule has 0 aromatic carbocycles. The van der Waals surface area contributed by atoms with Gasteiger partial charge in [-0.2, -0.15) is 0 Å². The fourth-order valence-electron chi connectivity index (χ4n) is 1.40. The molecule has 16 heavy (non-hydrogen) atoms. The number of hydrogen-bond donors (Lipinski definition) is 2. The standard InChI is InChI=1S/C11H19N3O2/c1-9(2)14-7-6-13-10(11(14)16)12-5-3-4-8-15/h6-7,9,15H,3-5,8H2,1-2H3,(H,12,13). The summed E-state index contributed by atoms with van der Waals surface area (Å²) in [5.41, 5.74) is -0.0958. The van der Waals surface area contributed by atoms with E-state index in [1.165, 1.54) is 0 Å². The number of hydrogen-bond acceptors (Lipinski definition) is 4. The highest BCUT2D eigenvalue weighted by Crippen LogP contribution is 2.01. The van der Waals surface area contributed by atoms with E-state index >= 15 is 0 Å². The predicted molar refractivity (Wildman–Crippen MR) is 63.7 cm³/mol. The molecule has 0 bridgehead atoms. The van der Waals surface area contributed by atoms with Crippen LogP contribution in [0.25, 0.3) is 0 Å². The summed E-state index contributed by atoms with van der Waals surface area (Å²) < 4.78 is 1.64. The van der Waals surface area contributed by atoms with Crippen molar-refractivity contribution in [2.75, 3.05) is 18.5 Å². The Labute approximate surface area is 95.1 Å². The molecule has 2 N–H and O–H groups in total. The molecule has 5 nitrogen and oxygen atoms in total. The van der Waals surface area contributed by atoms with Crippen LogP contribution in [0.5, 0.6) is 0 Å². The monoisotopic (exact) mass is 225 g/mol. The van der Waals surface area contributed by atoms with Gasteiger partial charge in [-0.25, -0.2) is 4.98 Å². The Kier molecular flexibility index (Phi) is 4.98. The first kappa shape index (κ1) is 12.7. The quantitative estimate of drug-likeness (QED) is 0.709. The molecule has 0 unspecified atom stereocenters. The first-order valence-electron chi connectivity index (χ1n) is 5.58. The van der Waals surface area contributed by atoms with E-state index in [1.807, 2.05) is 13.8 Å². The van der Waals surface area contributed by atoms with E-state index in [-0.39, 0.29) is 18.2 Å². The summed E-state index contributed by atoms with van der Waals surface area (Å²) in [6, 6.07) is 0.133. The van der Waals surface area contributed by atoms with Gasteiger partial charge in [-0.3, -0.25) is 4.79 Å². The lowest BCUT2D eigenvalue weighted by Crippen LogP contribution is -2.25. The van der Waals surface area contributed by atoms with Crippen LogP contribution in [0.1, 0.15) is 32.7 Å². The predicted octanol–water partition coefficient (Wildman–Crippen LogP) is 1.01. The van der Waals surface area contributed by atoms with Gasteiger partial charge < -0.3 is 15.0 Å². The molecule has 0 fully saturated rings. The third-order valence-electron chi connectivity index (χ3n) is 2.30. The summed E-state index contributed by atoms with van der Waals surface area (Å²) in [6.07, 6.45) is 4.87. The summed E-state index contributed by atoms with van der Waals surface area (Å²) in [5.74, 6) is 0.383. The summed E-state index contributed by atoms with van der Waals surface area (Å²) in [5, 5.41) is 11.6. The number of nitrogens with one attached hydrogen (secondary N) is 1. The van der Waals surface area contributed by atoms with Crippen molar-refractivity contribution >= 4 is 5.82 Å². The van der Waals surface area contributed by atoms with E-state index in [0.29, 0.717) is 12.4 Å². The highest BCUT2D eigenvalue weighted by molar-refractivity contribution is 5.30. The Morgan fingerprint density at radius 3 is 2.88 bits per heavy atom. The van der Waals surface area contributed by atoms with Crippen molar-refractivity contribution in [3.63, 3.8) is 0 Å². The second-order valence-corrected chi connectivity index (χ2v) is 3.94. The lowest BCUT2D eigenvalue weighted by molar-refractivity contribution is 0.286. The Morgan fingerprint density at radius 1 is 1.50 bits per heavy atom. The van der Waals surface area contributed by atoms with E-state index in [4.69, 9.17) is 5.11 Å². The molecule has 1 aromatic rings. The fourth-order valence-corrected chi connectivity index (χ4v) is 1.40. The molecule has 0 atom stereocenters. The van der Waals surface area contributed by atoms with Gasteiger partial charge in [-0.1, -0.05) is 0 Å². The van der Waals surface area contributed by atoms with E-state index in [0.717, 1.165) is 12.8 Å².